The second kappa shape index (κ2) is 4.07. The predicted octanol–water partition coefficient (Wildman–Crippen LogP) is 2.64. The maximum atomic E-state index is 12.1. The molecular formula is C12H14ClNO2. The largest absolute Gasteiger partial charge is 0.272 e. The van der Waals surface area contributed by atoms with Gasteiger partial charge in [-0.3, -0.25) is 9.63 Å². The lowest BCUT2D eigenvalue weighted by atomic mass is 9.95. The lowest BCUT2D eigenvalue weighted by Crippen LogP contribution is -2.30. The van der Waals surface area contributed by atoms with E-state index in [0.717, 1.165) is 5.06 Å². The zero-order valence-corrected chi connectivity index (χ0v) is 9.81. The summed E-state index contributed by atoms with van der Waals surface area (Å²) < 4.78 is 30.6. The average Bonchev–Trinajstić information content (AvgIpc) is 2.65. The second-order valence-electron chi connectivity index (χ2n) is 4.29. The molecule has 0 aliphatic carbocycles. The fourth-order valence-corrected chi connectivity index (χ4v) is 1.54. The molecule has 0 radical (unpaired) electrons. The molecule has 1 saturated heterocycles. The lowest BCUT2D eigenvalue weighted by Gasteiger charge is -2.16. The summed E-state index contributed by atoms with van der Waals surface area (Å²) in [6.07, 6.45) is 0. The molecule has 0 bridgehead atoms. The van der Waals surface area contributed by atoms with Crippen LogP contribution in [0.25, 0.3) is 0 Å². The van der Waals surface area contributed by atoms with Crippen LogP contribution in [0.3, 0.4) is 0 Å². The fraction of sp³-hybridized carbons (Fsp3) is 0.417. The van der Waals surface area contributed by atoms with E-state index in [4.69, 9.17) is 21.9 Å². The van der Waals surface area contributed by atoms with Crippen molar-refractivity contribution in [3.05, 3.63) is 34.8 Å². The van der Waals surface area contributed by atoms with Gasteiger partial charge in [0.25, 0.3) is 5.91 Å². The van der Waals surface area contributed by atoms with Gasteiger partial charge in [-0.25, -0.2) is 5.06 Å². The number of amides is 1. The highest BCUT2D eigenvalue weighted by Gasteiger charge is 2.40. The average molecular weight is 244 g/mol. The first-order chi connectivity index (χ1) is 9.16. The Hall–Kier alpha value is -1.06. The van der Waals surface area contributed by atoms with Crippen LogP contribution in [0.2, 0.25) is 5.02 Å². The Labute approximate surface area is 106 Å². The van der Waals surface area contributed by atoms with Gasteiger partial charge in [-0.15, -0.1) is 0 Å². The van der Waals surface area contributed by atoms with Crippen molar-refractivity contribution < 1.29 is 15.1 Å². The highest BCUT2D eigenvalue weighted by Crippen LogP contribution is 2.29. The molecule has 0 N–H and O–H groups in total. The van der Waals surface area contributed by atoms with E-state index in [2.05, 4.69) is 0 Å². The Balaban J connectivity index is 2.39. The normalized spacial score (nSPS) is 22.7. The quantitative estimate of drug-likeness (QED) is 0.799. The topological polar surface area (TPSA) is 29.5 Å². The van der Waals surface area contributed by atoms with Crippen molar-refractivity contribution in [1.29, 1.82) is 0 Å². The molecule has 1 aliphatic rings. The van der Waals surface area contributed by atoms with E-state index in [1.54, 1.807) is 13.8 Å². The second-order valence-corrected chi connectivity index (χ2v) is 4.67. The zero-order valence-electron chi connectivity index (χ0n) is 13.1. The molecule has 1 fully saturated rings. The van der Waals surface area contributed by atoms with Crippen molar-refractivity contribution in [2.45, 2.75) is 20.4 Å². The van der Waals surface area contributed by atoms with Gasteiger partial charge in [0.2, 0.25) is 0 Å². The van der Waals surface area contributed by atoms with E-state index >= 15 is 0 Å². The molecule has 0 saturated carbocycles. The van der Waals surface area contributed by atoms with Gasteiger partial charge in [0.05, 0.1) is 24.0 Å². The van der Waals surface area contributed by atoms with Crippen LogP contribution >= 0.6 is 11.6 Å². The van der Waals surface area contributed by atoms with Gasteiger partial charge in [0.15, 0.2) is 0 Å². The van der Waals surface area contributed by atoms with Crippen LogP contribution in [0.4, 0.5) is 0 Å². The zero-order chi connectivity index (χ0) is 15.2. The molecule has 0 spiro atoms. The molecule has 86 valence electrons. The summed E-state index contributed by atoms with van der Waals surface area (Å²) in [7, 11) is 0. The first-order valence-corrected chi connectivity index (χ1v) is 5.24. The number of carbonyl (C=O) groups excluding carboxylic acids is 1. The summed E-state index contributed by atoms with van der Waals surface area (Å²) in [6, 6.07) is -1.33. The number of hydroxylamine groups is 2. The summed E-state index contributed by atoms with van der Waals surface area (Å²) in [4.78, 5) is 17.3. The van der Waals surface area contributed by atoms with E-state index in [9.17, 15) is 4.79 Å². The highest BCUT2D eigenvalue weighted by molar-refractivity contribution is 6.31. The predicted molar refractivity (Wildman–Crippen MR) is 61.7 cm³/mol. The van der Waals surface area contributed by atoms with Crippen molar-refractivity contribution in [1.82, 2.24) is 5.06 Å². The van der Waals surface area contributed by atoms with E-state index in [-0.39, 0.29) is 47.8 Å². The van der Waals surface area contributed by atoms with Gasteiger partial charge < -0.3 is 0 Å². The molecule has 1 aromatic rings. The third-order valence-electron chi connectivity index (χ3n) is 2.40. The molecule has 3 nitrogen and oxygen atoms in total. The number of benzene rings is 1. The van der Waals surface area contributed by atoms with Crippen molar-refractivity contribution in [3.63, 3.8) is 0 Å². The number of hydrogen-bond donors (Lipinski definition) is 0. The van der Waals surface area contributed by atoms with Crippen LogP contribution in [-0.4, -0.2) is 17.6 Å². The highest BCUT2D eigenvalue weighted by atomic mass is 35.5. The SMILES string of the molecule is [2H]c1c([2H])c([2H])c(CN2OCC(C)(C)C2=O)c(Cl)c1[2H]. The first-order valence-electron chi connectivity index (χ1n) is 6.86. The minimum Gasteiger partial charge on any atom is -0.272 e. The Morgan fingerprint density at radius 2 is 2.25 bits per heavy atom. The summed E-state index contributed by atoms with van der Waals surface area (Å²) in [5, 5.41) is 1.01. The molecule has 2 rings (SSSR count). The van der Waals surface area contributed by atoms with Gasteiger partial charge in [0.1, 0.15) is 0 Å². The van der Waals surface area contributed by atoms with Gasteiger partial charge in [0, 0.05) is 5.02 Å². The third kappa shape index (κ3) is 2.06. The molecule has 4 heteroatoms. The standard InChI is InChI=1S/C12H14ClNO2/c1-12(2)8-16-14(11(12)15)7-9-5-3-4-6-10(9)13/h3-6H,7-8H2,1-2H3/i3D,4D,5D,6D. The van der Waals surface area contributed by atoms with E-state index in [1.807, 2.05) is 0 Å². The Morgan fingerprint density at radius 1 is 1.56 bits per heavy atom. The Kier molecular flexibility index (Phi) is 1.86. The first kappa shape index (κ1) is 7.30. The van der Waals surface area contributed by atoms with E-state index in [1.165, 1.54) is 0 Å². The van der Waals surface area contributed by atoms with Crippen LogP contribution in [0.5, 0.6) is 0 Å². The molecule has 1 aliphatic heterocycles. The number of halogens is 1. The molecule has 1 heterocycles. The third-order valence-corrected chi connectivity index (χ3v) is 2.72. The number of rotatable bonds is 2. The van der Waals surface area contributed by atoms with Gasteiger partial charge in [-0.2, -0.15) is 0 Å². The summed E-state index contributed by atoms with van der Waals surface area (Å²) in [6.45, 7) is 3.63. The number of hydrogen-bond acceptors (Lipinski definition) is 2. The van der Waals surface area contributed by atoms with Crippen molar-refractivity contribution >= 4 is 17.5 Å². The molecular weight excluding hydrogens is 226 g/mol. The molecule has 1 amide bonds. The monoisotopic (exact) mass is 243 g/mol. The van der Waals surface area contributed by atoms with Crippen LogP contribution in [0.15, 0.2) is 24.2 Å². The Bertz CT molecular complexity index is 562. The maximum Gasteiger partial charge on any atom is 0.254 e. The van der Waals surface area contributed by atoms with Gasteiger partial charge in [-0.1, -0.05) is 29.7 Å². The minimum atomic E-state index is -0.641. The fourth-order valence-electron chi connectivity index (χ4n) is 1.39. The lowest BCUT2D eigenvalue weighted by molar-refractivity contribution is -0.165. The number of nitrogens with zero attached hydrogens (tertiary/aromatic N) is 1. The van der Waals surface area contributed by atoms with Crippen LogP contribution in [-0.2, 0) is 16.2 Å². The smallest absolute Gasteiger partial charge is 0.254 e. The maximum absolute atomic E-state index is 12.1. The van der Waals surface area contributed by atoms with E-state index in [0.29, 0.717) is 0 Å². The summed E-state index contributed by atoms with van der Waals surface area (Å²) in [5.41, 5.74) is -0.485. The summed E-state index contributed by atoms with van der Waals surface area (Å²) in [5.74, 6) is -0.235. The molecule has 16 heavy (non-hydrogen) atoms. The van der Waals surface area contributed by atoms with Crippen molar-refractivity contribution in [2.75, 3.05) is 6.61 Å². The Morgan fingerprint density at radius 3 is 2.88 bits per heavy atom. The molecule has 1 aromatic carbocycles. The molecule has 0 aromatic heterocycles. The van der Waals surface area contributed by atoms with Crippen LogP contribution < -0.4 is 0 Å². The van der Waals surface area contributed by atoms with Gasteiger partial charge in [-0.05, 0) is 25.5 Å². The number of carbonyl (C=O) groups is 1. The van der Waals surface area contributed by atoms with Crippen molar-refractivity contribution in [2.24, 2.45) is 5.41 Å². The molecule has 0 unspecified atom stereocenters. The van der Waals surface area contributed by atoms with Crippen molar-refractivity contribution in [3.8, 4) is 0 Å². The van der Waals surface area contributed by atoms with Gasteiger partial charge >= 0.3 is 0 Å². The summed E-state index contributed by atoms with van der Waals surface area (Å²) >= 11 is 5.97. The molecule has 0 atom stereocenters. The van der Waals surface area contributed by atoms with E-state index < -0.39 is 11.5 Å². The van der Waals surface area contributed by atoms with Crippen LogP contribution in [0, 0.1) is 5.41 Å². The van der Waals surface area contributed by atoms with Crippen LogP contribution in [0.1, 0.15) is 24.9 Å². The minimum absolute atomic E-state index is 0.0860.